The van der Waals surface area contributed by atoms with Crippen LogP contribution in [-0.2, 0) is 12.8 Å². The second kappa shape index (κ2) is 6.44. The van der Waals surface area contributed by atoms with Crippen molar-refractivity contribution in [2.75, 3.05) is 6.54 Å². The van der Waals surface area contributed by atoms with Crippen molar-refractivity contribution in [3.63, 3.8) is 0 Å². The number of hydrogen-bond acceptors (Lipinski definition) is 1. The van der Waals surface area contributed by atoms with Crippen LogP contribution in [0.15, 0.2) is 48.5 Å². The highest BCUT2D eigenvalue weighted by molar-refractivity contribution is 5.41. The zero-order chi connectivity index (χ0) is 14.7. The van der Waals surface area contributed by atoms with E-state index < -0.39 is 0 Å². The van der Waals surface area contributed by atoms with Gasteiger partial charge in [-0.05, 0) is 49.4 Å². The number of rotatable bonds is 6. The standard InChI is InChI=1S/C20H25N/c1-3-11-21-20(13-16-8-6-7-15(2)12-16)19-14-17-9-4-5-10-18(17)19/h4-10,12,19-21H,3,11,13-14H2,1-2H3. The molecule has 1 N–H and O–H groups in total. The van der Waals surface area contributed by atoms with E-state index in [4.69, 9.17) is 0 Å². The zero-order valence-corrected chi connectivity index (χ0v) is 13.1. The molecule has 2 aromatic rings. The number of nitrogens with one attached hydrogen (secondary N) is 1. The van der Waals surface area contributed by atoms with Crippen LogP contribution in [0.4, 0.5) is 0 Å². The van der Waals surface area contributed by atoms with Crippen LogP contribution >= 0.6 is 0 Å². The summed E-state index contributed by atoms with van der Waals surface area (Å²) < 4.78 is 0. The normalized spacial score (nSPS) is 17.9. The van der Waals surface area contributed by atoms with Crippen molar-refractivity contribution in [1.82, 2.24) is 5.32 Å². The average Bonchev–Trinajstić information content (AvgIpc) is 2.46. The summed E-state index contributed by atoms with van der Waals surface area (Å²) in [4.78, 5) is 0. The number of aryl methyl sites for hydroxylation is 1. The molecule has 0 spiro atoms. The molecular formula is C20H25N. The predicted octanol–water partition coefficient (Wildman–Crippen LogP) is 4.25. The van der Waals surface area contributed by atoms with Crippen molar-refractivity contribution in [2.45, 2.75) is 45.1 Å². The molecule has 0 aliphatic heterocycles. The second-order valence-corrected chi connectivity index (χ2v) is 6.26. The van der Waals surface area contributed by atoms with Crippen LogP contribution in [0.1, 0.15) is 41.5 Å². The minimum absolute atomic E-state index is 0.557. The maximum absolute atomic E-state index is 3.78. The molecule has 2 unspecified atom stereocenters. The molecule has 0 fully saturated rings. The van der Waals surface area contributed by atoms with Crippen molar-refractivity contribution in [3.8, 4) is 0 Å². The molecule has 0 saturated carbocycles. The molecule has 1 aliphatic carbocycles. The summed E-state index contributed by atoms with van der Waals surface area (Å²) in [6.07, 6.45) is 3.54. The van der Waals surface area contributed by atoms with Gasteiger partial charge in [-0.25, -0.2) is 0 Å². The molecule has 3 rings (SSSR count). The van der Waals surface area contributed by atoms with Gasteiger partial charge in [-0.2, -0.15) is 0 Å². The molecule has 1 nitrogen and oxygen atoms in total. The maximum atomic E-state index is 3.78. The Morgan fingerprint density at radius 2 is 2.00 bits per heavy atom. The number of fused-ring (bicyclic) bond motifs is 1. The van der Waals surface area contributed by atoms with Crippen LogP contribution in [-0.4, -0.2) is 12.6 Å². The second-order valence-electron chi connectivity index (χ2n) is 6.26. The molecule has 2 atom stereocenters. The summed E-state index contributed by atoms with van der Waals surface area (Å²) in [6, 6.07) is 18.4. The molecule has 0 aromatic heterocycles. The van der Waals surface area contributed by atoms with E-state index >= 15 is 0 Å². The minimum Gasteiger partial charge on any atom is -0.313 e. The Bertz CT molecular complexity index is 602. The molecule has 21 heavy (non-hydrogen) atoms. The summed E-state index contributed by atoms with van der Waals surface area (Å²) in [5, 5.41) is 3.78. The van der Waals surface area contributed by atoms with Gasteiger partial charge in [0.05, 0.1) is 0 Å². The van der Waals surface area contributed by atoms with E-state index in [0.29, 0.717) is 12.0 Å². The van der Waals surface area contributed by atoms with E-state index in [2.05, 4.69) is 67.7 Å². The Morgan fingerprint density at radius 3 is 2.76 bits per heavy atom. The van der Waals surface area contributed by atoms with Crippen molar-refractivity contribution < 1.29 is 0 Å². The average molecular weight is 279 g/mol. The van der Waals surface area contributed by atoms with Crippen molar-refractivity contribution in [3.05, 3.63) is 70.8 Å². The minimum atomic E-state index is 0.557. The Balaban J connectivity index is 1.76. The van der Waals surface area contributed by atoms with Gasteiger partial charge in [-0.3, -0.25) is 0 Å². The Hall–Kier alpha value is -1.60. The molecule has 1 aliphatic rings. The summed E-state index contributed by atoms with van der Waals surface area (Å²) in [6.45, 7) is 5.53. The molecule has 110 valence electrons. The van der Waals surface area contributed by atoms with Crippen molar-refractivity contribution >= 4 is 0 Å². The smallest absolute Gasteiger partial charge is 0.0179 e. The fraction of sp³-hybridized carbons (Fsp3) is 0.400. The fourth-order valence-electron chi connectivity index (χ4n) is 3.44. The van der Waals surface area contributed by atoms with Crippen LogP contribution < -0.4 is 5.32 Å². The highest BCUT2D eigenvalue weighted by Crippen LogP contribution is 2.38. The molecule has 1 heteroatoms. The van der Waals surface area contributed by atoms with Crippen molar-refractivity contribution in [1.29, 1.82) is 0 Å². The van der Waals surface area contributed by atoms with Crippen LogP contribution in [0, 0.1) is 6.92 Å². The fourth-order valence-corrected chi connectivity index (χ4v) is 3.44. The van der Waals surface area contributed by atoms with E-state index in [1.54, 1.807) is 5.56 Å². The quantitative estimate of drug-likeness (QED) is 0.833. The third-order valence-electron chi connectivity index (χ3n) is 4.57. The number of hydrogen-bond donors (Lipinski definition) is 1. The Morgan fingerprint density at radius 1 is 1.14 bits per heavy atom. The lowest BCUT2D eigenvalue weighted by atomic mass is 9.72. The first-order valence-corrected chi connectivity index (χ1v) is 8.14. The lowest BCUT2D eigenvalue weighted by Crippen LogP contribution is -2.42. The summed E-state index contributed by atoms with van der Waals surface area (Å²) >= 11 is 0. The van der Waals surface area contributed by atoms with Gasteiger partial charge >= 0.3 is 0 Å². The first-order valence-electron chi connectivity index (χ1n) is 8.14. The van der Waals surface area contributed by atoms with Crippen LogP contribution in [0.2, 0.25) is 0 Å². The lowest BCUT2D eigenvalue weighted by Gasteiger charge is -2.37. The SMILES string of the molecule is CCCNC(Cc1cccc(C)c1)C1Cc2ccccc21. The van der Waals surface area contributed by atoms with Crippen LogP contribution in [0.3, 0.4) is 0 Å². The summed E-state index contributed by atoms with van der Waals surface area (Å²) in [5.74, 6) is 0.674. The third-order valence-corrected chi connectivity index (χ3v) is 4.57. The molecule has 0 heterocycles. The Labute approximate surface area is 128 Å². The van der Waals surface area contributed by atoms with E-state index in [-0.39, 0.29) is 0 Å². The van der Waals surface area contributed by atoms with E-state index in [1.807, 2.05) is 0 Å². The topological polar surface area (TPSA) is 12.0 Å². The molecule has 0 radical (unpaired) electrons. The van der Waals surface area contributed by atoms with E-state index in [9.17, 15) is 0 Å². The van der Waals surface area contributed by atoms with Gasteiger partial charge < -0.3 is 5.32 Å². The van der Waals surface area contributed by atoms with E-state index in [0.717, 1.165) is 13.0 Å². The summed E-state index contributed by atoms with van der Waals surface area (Å²) in [7, 11) is 0. The monoisotopic (exact) mass is 279 g/mol. The molecule has 0 bridgehead atoms. The predicted molar refractivity (Wildman–Crippen MR) is 89.9 cm³/mol. The molecule has 0 saturated heterocycles. The zero-order valence-electron chi connectivity index (χ0n) is 13.1. The first-order chi connectivity index (χ1) is 10.3. The van der Waals surface area contributed by atoms with Gasteiger partial charge in [-0.1, -0.05) is 61.0 Å². The summed E-state index contributed by atoms with van der Waals surface area (Å²) in [5.41, 5.74) is 5.90. The highest BCUT2D eigenvalue weighted by Gasteiger charge is 2.32. The maximum Gasteiger partial charge on any atom is 0.0179 e. The van der Waals surface area contributed by atoms with Gasteiger partial charge in [0.1, 0.15) is 0 Å². The van der Waals surface area contributed by atoms with Gasteiger partial charge in [0.25, 0.3) is 0 Å². The van der Waals surface area contributed by atoms with E-state index in [1.165, 1.54) is 29.5 Å². The Kier molecular flexibility index (Phi) is 4.40. The first kappa shape index (κ1) is 14.3. The third kappa shape index (κ3) is 3.19. The molecule has 2 aromatic carbocycles. The van der Waals surface area contributed by atoms with Gasteiger partial charge in [0.15, 0.2) is 0 Å². The molecule has 0 amide bonds. The van der Waals surface area contributed by atoms with Gasteiger partial charge in [0, 0.05) is 12.0 Å². The largest absolute Gasteiger partial charge is 0.313 e. The lowest BCUT2D eigenvalue weighted by molar-refractivity contribution is 0.397. The van der Waals surface area contributed by atoms with Gasteiger partial charge in [0.2, 0.25) is 0 Å². The highest BCUT2D eigenvalue weighted by atomic mass is 14.9. The van der Waals surface area contributed by atoms with Crippen molar-refractivity contribution in [2.24, 2.45) is 0 Å². The number of benzene rings is 2. The van der Waals surface area contributed by atoms with Crippen LogP contribution in [0.25, 0.3) is 0 Å². The molecular weight excluding hydrogens is 254 g/mol. The van der Waals surface area contributed by atoms with Gasteiger partial charge in [-0.15, -0.1) is 0 Å². The van der Waals surface area contributed by atoms with Crippen LogP contribution in [0.5, 0.6) is 0 Å².